The monoisotopic (exact) mass is 437 g/mol. The van der Waals surface area contributed by atoms with Crippen molar-refractivity contribution in [1.82, 2.24) is 0 Å². The molecule has 1 aliphatic carbocycles. The fourth-order valence-electron chi connectivity index (χ4n) is 4.78. The molecule has 2 aromatic carbocycles. The second kappa shape index (κ2) is 8.94. The van der Waals surface area contributed by atoms with Crippen LogP contribution in [0.25, 0.3) is 21.9 Å². The Kier molecular flexibility index (Phi) is 6.24. The van der Waals surface area contributed by atoms with Gasteiger partial charge >= 0.3 is 5.97 Å². The van der Waals surface area contributed by atoms with Gasteiger partial charge in [0.1, 0.15) is 11.2 Å². The Morgan fingerprint density at radius 1 is 1.09 bits per heavy atom. The largest absolute Gasteiger partial charge is 0.465 e. The van der Waals surface area contributed by atoms with E-state index in [4.69, 9.17) is 9.15 Å². The lowest BCUT2D eigenvalue weighted by molar-refractivity contribution is -0.123. The van der Waals surface area contributed by atoms with Crippen molar-refractivity contribution in [3.8, 4) is 0 Å². The second-order valence-corrected chi connectivity index (χ2v) is 9.21. The van der Waals surface area contributed by atoms with Crippen molar-refractivity contribution in [3.63, 3.8) is 0 Å². The highest BCUT2D eigenvalue weighted by atomic mass is 16.5. The van der Waals surface area contributed by atoms with Gasteiger partial charge in [0.15, 0.2) is 0 Å². The van der Waals surface area contributed by atoms with Crippen molar-refractivity contribution in [1.29, 1.82) is 0 Å². The van der Waals surface area contributed by atoms with Crippen LogP contribution >= 0.6 is 0 Å². The number of hydrogen-bond acceptors (Lipinski definition) is 5. The Morgan fingerprint density at radius 3 is 2.41 bits per heavy atom. The number of rotatable bonds is 5. The molecule has 0 atom stereocenters. The van der Waals surface area contributed by atoms with E-state index in [0.717, 1.165) is 42.0 Å². The number of amides is 1. The lowest BCUT2D eigenvalue weighted by Gasteiger charge is -2.34. The van der Waals surface area contributed by atoms with E-state index in [1.165, 1.54) is 7.11 Å². The maximum Gasteiger partial charge on any atom is 0.340 e. The summed E-state index contributed by atoms with van der Waals surface area (Å²) in [6.07, 6.45) is 3.84. The number of anilines is 1. The third-order valence-corrected chi connectivity index (χ3v) is 6.62. The zero-order valence-corrected chi connectivity index (χ0v) is 19.2. The maximum atomic E-state index is 13.7. The minimum Gasteiger partial charge on any atom is -0.465 e. The summed E-state index contributed by atoms with van der Waals surface area (Å²) in [4.78, 5) is 28.1. The average molecular weight is 438 g/mol. The summed E-state index contributed by atoms with van der Waals surface area (Å²) in [7, 11) is 1.34. The number of methoxy groups -OCH3 is 1. The highest BCUT2D eigenvalue weighted by Gasteiger charge is 2.33. The summed E-state index contributed by atoms with van der Waals surface area (Å²) in [5, 5.41) is 11.1. The van der Waals surface area contributed by atoms with E-state index in [9.17, 15) is 14.7 Å². The molecule has 1 amide bonds. The van der Waals surface area contributed by atoms with Gasteiger partial charge in [-0.1, -0.05) is 19.1 Å². The number of carbonyl (C=O) groups excluding carboxylic acids is 2. The zero-order valence-electron chi connectivity index (χ0n) is 19.2. The molecule has 6 nitrogen and oxygen atoms in total. The van der Waals surface area contributed by atoms with Crippen molar-refractivity contribution in [2.24, 2.45) is 11.8 Å². The van der Waals surface area contributed by atoms with E-state index in [2.05, 4.69) is 6.92 Å². The van der Waals surface area contributed by atoms with E-state index in [1.54, 1.807) is 17.0 Å². The van der Waals surface area contributed by atoms with E-state index < -0.39 is 5.97 Å². The van der Waals surface area contributed by atoms with Crippen molar-refractivity contribution >= 4 is 39.5 Å². The van der Waals surface area contributed by atoms with Crippen LogP contribution in [0.4, 0.5) is 5.69 Å². The minimum atomic E-state index is -0.505. The number of hydrogen-bond donors (Lipinski definition) is 1. The Hall–Kier alpha value is -2.86. The highest BCUT2D eigenvalue weighted by molar-refractivity contribution is 6.12. The molecule has 6 heteroatoms. The number of ether oxygens (including phenoxy) is 1. The van der Waals surface area contributed by atoms with Gasteiger partial charge in [-0.05, 0) is 69.2 Å². The molecule has 4 rings (SSSR count). The van der Waals surface area contributed by atoms with Crippen LogP contribution in [0.3, 0.4) is 0 Å². The molecule has 1 fully saturated rings. The number of aliphatic hydroxyl groups excluding tert-OH is 1. The molecular weight excluding hydrogens is 406 g/mol. The summed E-state index contributed by atoms with van der Waals surface area (Å²) in [5.74, 6) is 0.165. The number of nitrogens with zero attached hydrogens (tertiary/aromatic N) is 1. The van der Waals surface area contributed by atoms with Gasteiger partial charge in [0.05, 0.1) is 25.0 Å². The summed E-state index contributed by atoms with van der Waals surface area (Å²) in [6, 6.07) is 8.96. The number of benzene rings is 2. The van der Waals surface area contributed by atoms with Gasteiger partial charge in [-0.3, -0.25) is 4.79 Å². The molecule has 1 aromatic heterocycles. The molecule has 0 radical (unpaired) electrons. The summed E-state index contributed by atoms with van der Waals surface area (Å²) in [5.41, 5.74) is 2.78. The number of esters is 1. The Balaban J connectivity index is 1.87. The van der Waals surface area contributed by atoms with Crippen LogP contribution in [0.1, 0.15) is 62.4 Å². The van der Waals surface area contributed by atoms with E-state index in [0.29, 0.717) is 28.3 Å². The predicted octanol–water partition coefficient (Wildman–Crippen LogP) is 5.43. The fraction of sp³-hybridized carbons (Fsp3) is 0.462. The lowest BCUT2D eigenvalue weighted by atomic mass is 9.82. The predicted molar refractivity (Wildman–Crippen MR) is 125 cm³/mol. The first kappa shape index (κ1) is 22.3. The summed E-state index contributed by atoms with van der Waals surface area (Å²) >= 11 is 0. The standard InChI is InChI=1S/C26H31NO5/c1-15(2)27(25(29)18-8-5-16(3)6-9-18)22-12-20-19-10-7-17(14-28)11-23(19)32-24(20)13-21(22)26(30)31-4/h7,10-13,15-16,18,28H,5-6,8-9,14H2,1-4H3. The first-order valence-electron chi connectivity index (χ1n) is 11.4. The van der Waals surface area contributed by atoms with Crippen molar-refractivity contribution < 1.29 is 23.8 Å². The van der Waals surface area contributed by atoms with Crippen molar-refractivity contribution in [2.45, 2.75) is 59.1 Å². The van der Waals surface area contributed by atoms with E-state index in [1.807, 2.05) is 32.0 Å². The first-order valence-corrected chi connectivity index (χ1v) is 11.4. The molecule has 1 heterocycles. The normalized spacial score (nSPS) is 18.9. The molecule has 0 bridgehead atoms. The smallest absolute Gasteiger partial charge is 0.340 e. The maximum absolute atomic E-state index is 13.7. The molecule has 170 valence electrons. The number of aliphatic hydroxyl groups is 1. The fourth-order valence-corrected chi connectivity index (χ4v) is 4.78. The topological polar surface area (TPSA) is 80.0 Å². The SMILES string of the molecule is COC(=O)c1cc2oc3cc(CO)ccc3c2cc1N(C(=O)C1CCC(C)CC1)C(C)C. The lowest BCUT2D eigenvalue weighted by Crippen LogP contribution is -2.43. The van der Waals surface area contributed by atoms with Crippen LogP contribution in [0.2, 0.25) is 0 Å². The highest BCUT2D eigenvalue weighted by Crippen LogP contribution is 2.38. The molecule has 1 N–H and O–H groups in total. The quantitative estimate of drug-likeness (QED) is 0.538. The van der Waals surface area contributed by atoms with Crippen LogP contribution in [-0.2, 0) is 16.1 Å². The van der Waals surface area contributed by atoms with Gasteiger partial charge in [-0.25, -0.2) is 4.79 Å². The molecule has 0 aliphatic heterocycles. The third kappa shape index (κ3) is 3.99. The van der Waals surface area contributed by atoms with Crippen molar-refractivity contribution in [3.05, 3.63) is 41.5 Å². The molecule has 0 saturated heterocycles. The van der Waals surface area contributed by atoms with Crippen molar-refractivity contribution in [2.75, 3.05) is 12.0 Å². The number of fused-ring (bicyclic) bond motifs is 3. The summed E-state index contributed by atoms with van der Waals surface area (Å²) in [6.45, 7) is 6.09. The van der Waals surface area contributed by atoms with Crippen LogP contribution in [0.5, 0.6) is 0 Å². The Labute approximate surface area is 188 Å². The van der Waals surface area contributed by atoms with Gasteiger partial charge < -0.3 is 19.2 Å². The third-order valence-electron chi connectivity index (χ3n) is 6.62. The first-order chi connectivity index (χ1) is 15.3. The molecule has 3 aromatic rings. The molecular formula is C26H31NO5. The average Bonchev–Trinajstić information content (AvgIpc) is 3.14. The molecule has 0 spiro atoms. The van der Waals surface area contributed by atoms with Gasteiger partial charge in [0.25, 0.3) is 0 Å². The van der Waals surface area contributed by atoms with Crippen LogP contribution < -0.4 is 4.90 Å². The molecule has 1 aliphatic rings. The molecule has 32 heavy (non-hydrogen) atoms. The minimum absolute atomic E-state index is 0.0389. The molecule has 0 unspecified atom stereocenters. The summed E-state index contributed by atoms with van der Waals surface area (Å²) < 4.78 is 11.0. The van der Waals surface area contributed by atoms with Crippen LogP contribution in [0, 0.1) is 11.8 Å². The van der Waals surface area contributed by atoms with Gasteiger partial charge in [0, 0.05) is 22.7 Å². The van der Waals surface area contributed by atoms with Crippen LogP contribution in [-0.4, -0.2) is 30.1 Å². The van der Waals surface area contributed by atoms with Crippen LogP contribution in [0.15, 0.2) is 34.7 Å². The van der Waals surface area contributed by atoms with E-state index >= 15 is 0 Å². The van der Waals surface area contributed by atoms with Gasteiger partial charge in [-0.15, -0.1) is 0 Å². The zero-order chi connectivity index (χ0) is 23.0. The Bertz CT molecular complexity index is 1150. The molecule has 1 saturated carbocycles. The van der Waals surface area contributed by atoms with Gasteiger partial charge in [-0.2, -0.15) is 0 Å². The second-order valence-electron chi connectivity index (χ2n) is 9.21. The Morgan fingerprint density at radius 2 is 1.78 bits per heavy atom. The van der Waals surface area contributed by atoms with E-state index in [-0.39, 0.29) is 24.5 Å². The number of furan rings is 1. The van der Waals surface area contributed by atoms with Gasteiger partial charge in [0.2, 0.25) is 5.91 Å². The number of carbonyl (C=O) groups is 2.